The minimum Gasteiger partial charge on any atom is -0.379 e. The van der Waals surface area contributed by atoms with Gasteiger partial charge >= 0.3 is 0 Å². The smallest absolute Gasteiger partial charge is 0.241 e. The number of rotatable bonds is 8. The number of amides is 1. The lowest BCUT2D eigenvalue weighted by Crippen LogP contribution is -2.29. The third-order valence-corrected chi connectivity index (χ3v) is 4.09. The minimum atomic E-state index is -0.0394. The molecule has 1 heterocycles. The van der Waals surface area contributed by atoms with Crippen LogP contribution in [-0.4, -0.2) is 34.9 Å². The summed E-state index contributed by atoms with van der Waals surface area (Å²) in [5, 5.41) is 8.69. The first-order valence-corrected chi connectivity index (χ1v) is 9.04. The van der Waals surface area contributed by atoms with Gasteiger partial charge < -0.3 is 10.1 Å². The van der Waals surface area contributed by atoms with Gasteiger partial charge in [-0.1, -0.05) is 48.5 Å². The predicted molar refractivity (Wildman–Crippen MR) is 104 cm³/mol. The van der Waals surface area contributed by atoms with Gasteiger partial charge in [0.05, 0.1) is 11.6 Å². The summed E-state index contributed by atoms with van der Waals surface area (Å²) in [7, 11) is 0. The van der Waals surface area contributed by atoms with Crippen molar-refractivity contribution >= 4 is 16.8 Å². The van der Waals surface area contributed by atoms with Gasteiger partial charge in [-0.3, -0.25) is 9.48 Å². The van der Waals surface area contributed by atoms with Crippen LogP contribution in [0.2, 0.25) is 0 Å². The van der Waals surface area contributed by atoms with Crippen molar-refractivity contribution in [2.75, 3.05) is 13.2 Å². The molecule has 0 saturated heterocycles. The molecule has 3 rings (SSSR count). The van der Waals surface area contributed by atoms with Crippen LogP contribution in [0.5, 0.6) is 0 Å². The molecule has 1 N–H and O–H groups in total. The number of nitrogens with one attached hydrogen (secondary N) is 1. The Hall–Kier alpha value is -2.66. The number of ether oxygens (including phenoxy) is 1. The second-order valence-corrected chi connectivity index (χ2v) is 6.51. The van der Waals surface area contributed by atoms with Crippen LogP contribution in [0.25, 0.3) is 22.2 Å². The SMILES string of the molecule is CC(C)OCCCNC(=O)Cn1nc(-c2ccccc2)c2ccccc21. The Balaban J connectivity index is 1.69. The second-order valence-electron chi connectivity index (χ2n) is 6.51. The molecule has 0 spiro atoms. The number of hydrogen-bond donors (Lipinski definition) is 1. The summed E-state index contributed by atoms with van der Waals surface area (Å²) in [6, 6.07) is 18.1. The number of fused-ring (bicyclic) bond motifs is 1. The Bertz CT molecular complexity index is 856. The van der Waals surface area contributed by atoms with Crippen molar-refractivity contribution in [3.05, 3.63) is 54.6 Å². The monoisotopic (exact) mass is 351 g/mol. The first kappa shape index (κ1) is 18.1. The molecule has 0 saturated carbocycles. The molecule has 2 aromatic carbocycles. The van der Waals surface area contributed by atoms with Gasteiger partial charge in [0.2, 0.25) is 5.91 Å². The number of nitrogens with zero attached hydrogens (tertiary/aromatic N) is 2. The van der Waals surface area contributed by atoms with E-state index in [1.807, 2.05) is 68.4 Å². The molecular formula is C21H25N3O2. The number of aromatic nitrogens is 2. The van der Waals surface area contributed by atoms with Crippen LogP contribution in [0, 0.1) is 0 Å². The van der Waals surface area contributed by atoms with E-state index < -0.39 is 0 Å². The van der Waals surface area contributed by atoms with E-state index in [1.165, 1.54) is 0 Å². The van der Waals surface area contributed by atoms with Crippen LogP contribution in [0.1, 0.15) is 20.3 Å². The minimum absolute atomic E-state index is 0.0394. The third kappa shape index (κ3) is 4.49. The van der Waals surface area contributed by atoms with E-state index in [1.54, 1.807) is 4.68 Å². The number of para-hydroxylation sites is 1. The Morgan fingerprint density at radius 3 is 2.62 bits per heavy atom. The maximum atomic E-state index is 12.3. The fourth-order valence-corrected chi connectivity index (χ4v) is 2.87. The lowest BCUT2D eigenvalue weighted by molar-refractivity contribution is -0.121. The van der Waals surface area contributed by atoms with Crippen LogP contribution >= 0.6 is 0 Å². The van der Waals surface area contributed by atoms with Gasteiger partial charge in [-0.25, -0.2) is 0 Å². The van der Waals surface area contributed by atoms with Crippen molar-refractivity contribution in [2.45, 2.75) is 32.9 Å². The lowest BCUT2D eigenvalue weighted by atomic mass is 10.1. The van der Waals surface area contributed by atoms with Gasteiger partial charge in [-0.05, 0) is 26.3 Å². The molecule has 5 nitrogen and oxygen atoms in total. The molecule has 0 aliphatic heterocycles. The molecule has 0 radical (unpaired) electrons. The van der Waals surface area contributed by atoms with Crippen LogP contribution in [0.3, 0.4) is 0 Å². The summed E-state index contributed by atoms with van der Waals surface area (Å²) >= 11 is 0. The van der Waals surface area contributed by atoms with Crippen LogP contribution in [0.15, 0.2) is 54.6 Å². The summed E-state index contributed by atoms with van der Waals surface area (Å²) in [4.78, 5) is 12.3. The van der Waals surface area contributed by atoms with Crippen molar-refractivity contribution in [1.82, 2.24) is 15.1 Å². The van der Waals surface area contributed by atoms with Crippen molar-refractivity contribution < 1.29 is 9.53 Å². The van der Waals surface area contributed by atoms with Crippen molar-refractivity contribution in [3.8, 4) is 11.3 Å². The van der Waals surface area contributed by atoms with E-state index >= 15 is 0 Å². The topological polar surface area (TPSA) is 56.1 Å². The summed E-state index contributed by atoms with van der Waals surface area (Å²) in [5.74, 6) is -0.0394. The predicted octanol–water partition coefficient (Wildman–Crippen LogP) is 3.63. The molecule has 0 fully saturated rings. The highest BCUT2D eigenvalue weighted by molar-refractivity contribution is 5.94. The molecule has 5 heteroatoms. The Labute approximate surface area is 154 Å². The average molecular weight is 351 g/mol. The summed E-state index contributed by atoms with van der Waals surface area (Å²) in [6.45, 7) is 5.48. The van der Waals surface area contributed by atoms with Gasteiger partial charge in [0, 0.05) is 24.1 Å². The standard InChI is InChI=1S/C21H25N3O2/c1-16(2)26-14-8-13-22-20(25)15-24-19-12-7-6-11-18(19)21(23-24)17-9-4-3-5-10-17/h3-7,9-12,16H,8,13-15H2,1-2H3,(H,22,25). The molecule has 26 heavy (non-hydrogen) atoms. The van der Waals surface area contributed by atoms with Crippen LogP contribution in [0.4, 0.5) is 0 Å². The number of carbonyl (C=O) groups is 1. The van der Waals surface area contributed by atoms with E-state index in [0.717, 1.165) is 28.6 Å². The van der Waals surface area contributed by atoms with Gasteiger partial charge in [-0.15, -0.1) is 0 Å². The van der Waals surface area contributed by atoms with Crippen molar-refractivity contribution in [2.24, 2.45) is 0 Å². The van der Waals surface area contributed by atoms with E-state index in [4.69, 9.17) is 9.84 Å². The molecule has 0 unspecified atom stereocenters. The normalized spacial score (nSPS) is 11.2. The van der Waals surface area contributed by atoms with E-state index in [-0.39, 0.29) is 18.6 Å². The zero-order valence-electron chi connectivity index (χ0n) is 15.3. The molecule has 1 aromatic heterocycles. The van der Waals surface area contributed by atoms with Gasteiger partial charge in [0.15, 0.2) is 0 Å². The zero-order chi connectivity index (χ0) is 18.4. The largest absolute Gasteiger partial charge is 0.379 e. The van der Waals surface area contributed by atoms with E-state index in [0.29, 0.717) is 13.2 Å². The van der Waals surface area contributed by atoms with Crippen molar-refractivity contribution in [3.63, 3.8) is 0 Å². The summed E-state index contributed by atoms with van der Waals surface area (Å²) in [5.41, 5.74) is 2.91. The number of benzene rings is 2. The number of carbonyl (C=O) groups excluding carboxylic acids is 1. The first-order chi connectivity index (χ1) is 12.6. The molecule has 0 atom stereocenters. The second kappa shape index (κ2) is 8.63. The lowest BCUT2D eigenvalue weighted by Gasteiger charge is -2.08. The Kier molecular flexibility index (Phi) is 6.02. The fourth-order valence-electron chi connectivity index (χ4n) is 2.87. The maximum Gasteiger partial charge on any atom is 0.241 e. The maximum absolute atomic E-state index is 12.3. The van der Waals surface area contributed by atoms with Gasteiger partial charge in [0.1, 0.15) is 12.2 Å². The fraction of sp³-hybridized carbons (Fsp3) is 0.333. The van der Waals surface area contributed by atoms with Crippen molar-refractivity contribution in [1.29, 1.82) is 0 Å². The van der Waals surface area contributed by atoms with Gasteiger partial charge in [0.25, 0.3) is 0 Å². The summed E-state index contributed by atoms with van der Waals surface area (Å²) < 4.78 is 7.26. The zero-order valence-corrected chi connectivity index (χ0v) is 15.3. The highest BCUT2D eigenvalue weighted by atomic mass is 16.5. The van der Waals surface area contributed by atoms with Crippen LogP contribution < -0.4 is 5.32 Å². The van der Waals surface area contributed by atoms with E-state index in [2.05, 4.69) is 5.32 Å². The Morgan fingerprint density at radius 2 is 1.85 bits per heavy atom. The quantitative estimate of drug-likeness (QED) is 0.631. The first-order valence-electron chi connectivity index (χ1n) is 9.04. The van der Waals surface area contributed by atoms with E-state index in [9.17, 15) is 4.79 Å². The highest BCUT2D eigenvalue weighted by Gasteiger charge is 2.13. The third-order valence-electron chi connectivity index (χ3n) is 4.09. The molecule has 0 aliphatic carbocycles. The van der Waals surface area contributed by atoms with Gasteiger partial charge in [-0.2, -0.15) is 5.10 Å². The molecule has 3 aromatic rings. The molecule has 0 bridgehead atoms. The summed E-state index contributed by atoms with van der Waals surface area (Å²) in [6.07, 6.45) is 1.02. The number of hydrogen-bond acceptors (Lipinski definition) is 3. The Morgan fingerprint density at radius 1 is 1.12 bits per heavy atom. The highest BCUT2D eigenvalue weighted by Crippen LogP contribution is 2.27. The molecular weight excluding hydrogens is 326 g/mol. The molecule has 1 amide bonds. The molecule has 136 valence electrons. The molecule has 0 aliphatic rings. The average Bonchev–Trinajstić information content (AvgIpc) is 3.00. The van der Waals surface area contributed by atoms with Crippen LogP contribution in [-0.2, 0) is 16.1 Å².